The number of ketones is 1. The molecule has 1 saturated heterocycles. The molecule has 0 spiro atoms. The molecule has 1 aromatic carbocycles. The molecule has 1 aliphatic rings. The molecular weight excluding hydrogens is 256 g/mol. The summed E-state index contributed by atoms with van der Waals surface area (Å²) in [5.41, 5.74) is 6.90. The number of Topliss-reactive ketones (excluding diaryl/α,β-unsaturated/α-hetero) is 1. The smallest absolute Gasteiger partial charge is 0.338 e. The molecule has 108 valence electrons. The number of hydrogen-bond donors (Lipinski definition) is 2. The van der Waals surface area contributed by atoms with Crippen LogP contribution in [0, 0.1) is 5.92 Å². The fourth-order valence-corrected chi connectivity index (χ4v) is 2.45. The van der Waals surface area contributed by atoms with E-state index in [0.29, 0.717) is 23.4 Å². The number of hydrogen-bond acceptors (Lipinski definition) is 5. The van der Waals surface area contributed by atoms with E-state index in [-0.39, 0.29) is 18.3 Å². The lowest BCUT2D eigenvalue weighted by Crippen LogP contribution is -2.35. The van der Waals surface area contributed by atoms with Gasteiger partial charge in [0.1, 0.15) is 0 Å². The molecule has 5 nitrogen and oxygen atoms in total. The number of nitrogen functional groups attached to an aromatic ring is 1. The topological polar surface area (TPSA) is 81.4 Å². The Morgan fingerprint density at radius 1 is 1.40 bits per heavy atom. The van der Waals surface area contributed by atoms with E-state index in [1.807, 2.05) is 0 Å². The van der Waals surface area contributed by atoms with Crippen LogP contribution >= 0.6 is 0 Å². The summed E-state index contributed by atoms with van der Waals surface area (Å²) in [5.74, 6) is -0.606. The SMILES string of the molecule is CCOC(=O)c1ccc(N)cc1C(=O)C1CCCNC1. The maximum atomic E-state index is 12.6. The Bertz CT molecular complexity index is 508. The van der Waals surface area contributed by atoms with Crippen LogP contribution in [-0.2, 0) is 4.74 Å². The second-order valence-electron chi connectivity index (χ2n) is 4.93. The summed E-state index contributed by atoms with van der Waals surface area (Å²) in [6.45, 7) is 3.60. The average molecular weight is 276 g/mol. The van der Waals surface area contributed by atoms with Crippen LogP contribution in [0.25, 0.3) is 0 Å². The van der Waals surface area contributed by atoms with Crippen molar-refractivity contribution in [3.63, 3.8) is 0 Å². The van der Waals surface area contributed by atoms with E-state index >= 15 is 0 Å². The van der Waals surface area contributed by atoms with Crippen LogP contribution in [0.3, 0.4) is 0 Å². The Kier molecular flexibility index (Phi) is 4.74. The maximum Gasteiger partial charge on any atom is 0.338 e. The van der Waals surface area contributed by atoms with Gasteiger partial charge in [0.25, 0.3) is 0 Å². The van der Waals surface area contributed by atoms with E-state index in [1.165, 1.54) is 0 Å². The minimum absolute atomic E-state index is 0.0347. The first-order valence-electron chi connectivity index (χ1n) is 6.95. The molecule has 3 N–H and O–H groups in total. The van der Waals surface area contributed by atoms with Gasteiger partial charge in [-0.2, -0.15) is 0 Å². The number of anilines is 1. The van der Waals surface area contributed by atoms with Crippen molar-refractivity contribution in [3.05, 3.63) is 29.3 Å². The van der Waals surface area contributed by atoms with E-state index in [2.05, 4.69) is 5.32 Å². The molecule has 1 atom stereocenters. The molecule has 0 amide bonds. The molecule has 0 aromatic heterocycles. The van der Waals surface area contributed by atoms with Gasteiger partial charge in [0.15, 0.2) is 5.78 Å². The number of ether oxygens (including phenoxy) is 1. The van der Waals surface area contributed by atoms with E-state index < -0.39 is 5.97 Å². The number of nitrogens with one attached hydrogen (secondary N) is 1. The van der Waals surface area contributed by atoms with Gasteiger partial charge >= 0.3 is 5.97 Å². The number of esters is 1. The lowest BCUT2D eigenvalue weighted by atomic mass is 9.88. The third kappa shape index (κ3) is 3.17. The van der Waals surface area contributed by atoms with Gasteiger partial charge in [-0.15, -0.1) is 0 Å². The molecule has 0 aliphatic carbocycles. The predicted molar refractivity (Wildman–Crippen MR) is 76.7 cm³/mol. The van der Waals surface area contributed by atoms with Gasteiger partial charge < -0.3 is 15.8 Å². The van der Waals surface area contributed by atoms with Gasteiger partial charge in [-0.05, 0) is 44.5 Å². The summed E-state index contributed by atoms with van der Waals surface area (Å²) in [5, 5.41) is 3.21. The second kappa shape index (κ2) is 6.52. The van der Waals surface area contributed by atoms with Gasteiger partial charge in [-0.1, -0.05) is 0 Å². The number of carbonyl (C=O) groups excluding carboxylic acids is 2. The highest BCUT2D eigenvalue weighted by Crippen LogP contribution is 2.22. The van der Waals surface area contributed by atoms with Crippen molar-refractivity contribution < 1.29 is 14.3 Å². The van der Waals surface area contributed by atoms with E-state index in [0.717, 1.165) is 19.4 Å². The molecule has 0 radical (unpaired) electrons. The summed E-state index contributed by atoms with van der Waals surface area (Å²) < 4.78 is 5.00. The van der Waals surface area contributed by atoms with Gasteiger partial charge in [0.05, 0.1) is 12.2 Å². The lowest BCUT2D eigenvalue weighted by Gasteiger charge is -2.22. The second-order valence-corrected chi connectivity index (χ2v) is 4.93. The quantitative estimate of drug-likeness (QED) is 0.496. The maximum absolute atomic E-state index is 12.6. The Morgan fingerprint density at radius 3 is 2.85 bits per heavy atom. The Balaban J connectivity index is 2.30. The first-order chi connectivity index (χ1) is 9.63. The molecule has 1 unspecified atom stereocenters. The molecular formula is C15H20N2O3. The van der Waals surface area contributed by atoms with Gasteiger partial charge in [-0.3, -0.25) is 4.79 Å². The van der Waals surface area contributed by atoms with Crippen LogP contribution in [-0.4, -0.2) is 31.4 Å². The van der Waals surface area contributed by atoms with Crippen LogP contribution in [0.4, 0.5) is 5.69 Å². The third-order valence-electron chi connectivity index (χ3n) is 3.47. The van der Waals surface area contributed by atoms with E-state index in [4.69, 9.17) is 10.5 Å². The normalized spacial score (nSPS) is 18.6. The van der Waals surface area contributed by atoms with E-state index in [9.17, 15) is 9.59 Å². The van der Waals surface area contributed by atoms with Crippen LogP contribution in [0.1, 0.15) is 40.5 Å². The van der Waals surface area contributed by atoms with Crippen LogP contribution in [0.2, 0.25) is 0 Å². The zero-order chi connectivity index (χ0) is 14.5. The van der Waals surface area contributed by atoms with Gasteiger partial charge in [0, 0.05) is 23.7 Å². The fourth-order valence-electron chi connectivity index (χ4n) is 2.45. The van der Waals surface area contributed by atoms with Crippen LogP contribution in [0.5, 0.6) is 0 Å². The lowest BCUT2D eigenvalue weighted by molar-refractivity contribution is 0.0522. The van der Waals surface area contributed by atoms with Crippen molar-refractivity contribution in [1.29, 1.82) is 0 Å². The standard InChI is InChI=1S/C15H20N2O3/c1-2-20-15(19)12-6-5-11(16)8-13(12)14(18)10-4-3-7-17-9-10/h5-6,8,10,17H,2-4,7,9,16H2,1H3. The monoisotopic (exact) mass is 276 g/mol. The van der Waals surface area contributed by atoms with Crippen molar-refractivity contribution in [2.24, 2.45) is 5.92 Å². The summed E-state index contributed by atoms with van der Waals surface area (Å²) in [6, 6.07) is 4.75. The summed E-state index contributed by atoms with van der Waals surface area (Å²) in [7, 11) is 0. The summed E-state index contributed by atoms with van der Waals surface area (Å²) >= 11 is 0. The number of carbonyl (C=O) groups is 2. The minimum atomic E-state index is -0.473. The summed E-state index contributed by atoms with van der Waals surface area (Å²) in [6.07, 6.45) is 1.80. The molecule has 1 heterocycles. The highest BCUT2D eigenvalue weighted by Gasteiger charge is 2.26. The molecule has 0 bridgehead atoms. The minimum Gasteiger partial charge on any atom is -0.462 e. The Morgan fingerprint density at radius 2 is 2.20 bits per heavy atom. The van der Waals surface area contributed by atoms with E-state index in [1.54, 1.807) is 25.1 Å². The Labute approximate surface area is 118 Å². The van der Waals surface area contributed by atoms with Crippen molar-refractivity contribution >= 4 is 17.4 Å². The highest BCUT2D eigenvalue weighted by molar-refractivity contribution is 6.08. The van der Waals surface area contributed by atoms with Crippen molar-refractivity contribution in [1.82, 2.24) is 5.32 Å². The molecule has 0 saturated carbocycles. The van der Waals surface area contributed by atoms with Crippen molar-refractivity contribution in [2.45, 2.75) is 19.8 Å². The third-order valence-corrected chi connectivity index (χ3v) is 3.47. The molecule has 1 aromatic rings. The zero-order valence-corrected chi connectivity index (χ0v) is 11.6. The van der Waals surface area contributed by atoms with Crippen molar-refractivity contribution in [2.75, 3.05) is 25.4 Å². The summed E-state index contributed by atoms with van der Waals surface area (Å²) in [4.78, 5) is 24.5. The van der Waals surface area contributed by atoms with Gasteiger partial charge in [-0.25, -0.2) is 4.79 Å². The van der Waals surface area contributed by atoms with Crippen LogP contribution < -0.4 is 11.1 Å². The molecule has 5 heteroatoms. The molecule has 20 heavy (non-hydrogen) atoms. The van der Waals surface area contributed by atoms with Gasteiger partial charge in [0.2, 0.25) is 0 Å². The fraction of sp³-hybridized carbons (Fsp3) is 0.467. The first kappa shape index (κ1) is 14.5. The first-order valence-corrected chi connectivity index (χ1v) is 6.95. The number of nitrogens with two attached hydrogens (primary N) is 1. The molecule has 1 aliphatic heterocycles. The largest absolute Gasteiger partial charge is 0.462 e. The number of rotatable bonds is 4. The van der Waals surface area contributed by atoms with Crippen LogP contribution in [0.15, 0.2) is 18.2 Å². The Hall–Kier alpha value is -1.88. The molecule has 1 fully saturated rings. The highest BCUT2D eigenvalue weighted by atomic mass is 16.5. The number of benzene rings is 1. The van der Waals surface area contributed by atoms with Crippen molar-refractivity contribution in [3.8, 4) is 0 Å². The number of piperidine rings is 1. The average Bonchev–Trinajstić information content (AvgIpc) is 2.47. The molecule has 2 rings (SSSR count). The predicted octanol–water partition coefficient (Wildman–Crippen LogP) is 1.63. The zero-order valence-electron chi connectivity index (χ0n) is 11.6.